The summed E-state index contributed by atoms with van der Waals surface area (Å²) in [5.74, 6) is -0.487. The molecule has 0 radical (unpaired) electrons. The molecule has 0 aliphatic heterocycles. The van der Waals surface area contributed by atoms with Gasteiger partial charge in [-0.3, -0.25) is 0 Å². The molecule has 5 nitrogen and oxygen atoms in total. The van der Waals surface area contributed by atoms with E-state index < -0.39 is 5.97 Å². The molecule has 0 fully saturated rings. The van der Waals surface area contributed by atoms with E-state index in [0.717, 1.165) is 5.56 Å². The van der Waals surface area contributed by atoms with Crippen molar-refractivity contribution in [3.8, 4) is 11.3 Å². The van der Waals surface area contributed by atoms with Crippen molar-refractivity contribution < 1.29 is 9.53 Å². The molecule has 0 saturated heterocycles. The third kappa shape index (κ3) is 2.25. The van der Waals surface area contributed by atoms with Gasteiger partial charge in [0, 0.05) is 5.56 Å². The van der Waals surface area contributed by atoms with Crippen molar-refractivity contribution in [3.05, 3.63) is 52.8 Å². The van der Waals surface area contributed by atoms with E-state index in [1.54, 1.807) is 13.0 Å². The molecule has 0 atom stereocenters. The number of carbonyl (C=O) groups excluding carboxylic acids is 1. The van der Waals surface area contributed by atoms with E-state index in [1.807, 2.05) is 30.3 Å². The van der Waals surface area contributed by atoms with Crippen LogP contribution in [0.5, 0.6) is 0 Å². The summed E-state index contributed by atoms with van der Waals surface area (Å²) in [6.45, 7) is 1.76. The van der Waals surface area contributed by atoms with Gasteiger partial charge in [0.25, 0.3) is 0 Å². The number of nitrogens with zero attached hydrogens (tertiary/aromatic N) is 3. The minimum Gasteiger partial charge on any atom is -0.464 e. The Hall–Kier alpha value is -2.40. The Morgan fingerprint density at radius 3 is 2.67 bits per heavy atom. The van der Waals surface area contributed by atoms with E-state index in [1.165, 1.54) is 11.6 Å². The van der Waals surface area contributed by atoms with E-state index in [-0.39, 0.29) is 5.69 Å². The van der Waals surface area contributed by atoms with Crippen molar-refractivity contribution in [2.45, 2.75) is 6.92 Å². The van der Waals surface area contributed by atoms with Gasteiger partial charge in [0.05, 0.1) is 18.5 Å². The number of ether oxygens (including phenoxy) is 1. The van der Waals surface area contributed by atoms with Crippen molar-refractivity contribution in [1.82, 2.24) is 14.6 Å². The lowest BCUT2D eigenvalue weighted by atomic mass is 10.1. The van der Waals surface area contributed by atoms with Crippen LogP contribution < -0.4 is 0 Å². The highest BCUT2D eigenvalue weighted by Gasteiger charge is 2.19. The van der Waals surface area contributed by atoms with Crippen LogP contribution in [0.25, 0.3) is 16.9 Å². The molecule has 0 aliphatic carbocycles. The molecule has 0 aliphatic rings. The first kappa shape index (κ1) is 13.6. The highest BCUT2D eigenvalue weighted by Crippen LogP contribution is 2.25. The molecule has 21 heavy (non-hydrogen) atoms. The summed E-state index contributed by atoms with van der Waals surface area (Å²) in [4.78, 5) is 16.5. The Balaban J connectivity index is 2.33. The van der Waals surface area contributed by atoms with Crippen LogP contribution in [-0.2, 0) is 4.74 Å². The molecule has 2 heterocycles. The average Bonchev–Trinajstić information content (AvgIpc) is 2.82. The molecule has 0 unspecified atom stereocenters. The highest BCUT2D eigenvalue weighted by molar-refractivity contribution is 6.34. The number of carbonyl (C=O) groups is 1. The van der Waals surface area contributed by atoms with Crippen molar-refractivity contribution in [2.75, 3.05) is 7.11 Å². The van der Waals surface area contributed by atoms with Gasteiger partial charge in [-0.1, -0.05) is 41.9 Å². The Bertz CT molecular complexity index is 828. The largest absolute Gasteiger partial charge is 0.464 e. The molecule has 0 saturated carbocycles. The number of hydrogen-bond donors (Lipinski definition) is 0. The standard InChI is InChI=1S/C15H12ClN3O2/c1-9-13(16)14-17-11(10-6-4-3-5-7-10)8-12(15(20)21-2)19(14)18-9/h3-8H,1-2H3. The molecule has 1 aromatic carbocycles. The zero-order valence-corrected chi connectivity index (χ0v) is 12.3. The van der Waals surface area contributed by atoms with Gasteiger partial charge in [0.1, 0.15) is 5.02 Å². The molecule has 0 bridgehead atoms. The number of fused-ring (bicyclic) bond motifs is 1. The number of aromatic nitrogens is 3. The van der Waals surface area contributed by atoms with Crippen LogP contribution in [-0.4, -0.2) is 27.7 Å². The van der Waals surface area contributed by atoms with Crippen LogP contribution in [0.15, 0.2) is 36.4 Å². The number of halogens is 1. The van der Waals surface area contributed by atoms with Crippen molar-refractivity contribution in [1.29, 1.82) is 0 Å². The summed E-state index contributed by atoms with van der Waals surface area (Å²) < 4.78 is 6.23. The first-order chi connectivity index (χ1) is 10.1. The Labute approximate surface area is 126 Å². The number of methoxy groups -OCH3 is 1. The first-order valence-electron chi connectivity index (χ1n) is 6.31. The molecular formula is C15H12ClN3O2. The smallest absolute Gasteiger partial charge is 0.356 e. The molecule has 6 heteroatoms. The minimum absolute atomic E-state index is 0.288. The van der Waals surface area contributed by atoms with Gasteiger partial charge < -0.3 is 4.74 Å². The van der Waals surface area contributed by atoms with Crippen LogP contribution in [0.1, 0.15) is 16.2 Å². The Kier molecular flexibility index (Phi) is 3.35. The van der Waals surface area contributed by atoms with Crippen LogP contribution in [0.4, 0.5) is 0 Å². The molecule has 0 amide bonds. The number of benzene rings is 1. The predicted molar refractivity (Wildman–Crippen MR) is 79.5 cm³/mol. The van der Waals surface area contributed by atoms with E-state index in [9.17, 15) is 4.79 Å². The molecule has 106 valence electrons. The van der Waals surface area contributed by atoms with Crippen LogP contribution in [0, 0.1) is 6.92 Å². The average molecular weight is 302 g/mol. The van der Waals surface area contributed by atoms with Gasteiger partial charge in [-0.2, -0.15) is 5.10 Å². The SMILES string of the molecule is COC(=O)c1cc(-c2ccccc2)nc2c(Cl)c(C)nn12. The van der Waals surface area contributed by atoms with Gasteiger partial charge in [0.2, 0.25) is 0 Å². The molecular weight excluding hydrogens is 290 g/mol. The van der Waals surface area contributed by atoms with Crippen molar-refractivity contribution >= 4 is 23.2 Å². The van der Waals surface area contributed by atoms with Crippen LogP contribution in [0.3, 0.4) is 0 Å². The van der Waals surface area contributed by atoms with Crippen molar-refractivity contribution in [3.63, 3.8) is 0 Å². The number of aryl methyl sites for hydroxylation is 1. The summed E-state index contributed by atoms with van der Waals surface area (Å²) in [5.41, 5.74) is 2.87. The lowest BCUT2D eigenvalue weighted by Gasteiger charge is -2.06. The van der Waals surface area contributed by atoms with Gasteiger partial charge in [0.15, 0.2) is 11.3 Å². The maximum absolute atomic E-state index is 12.0. The first-order valence-corrected chi connectivity index (χ1v) is 6.69. The predicted octanol–water partition coefficient (Wildman–Crippen LogP) is 3.14. The number of esters is 1. The highest BCUT2D eigenvalue weighted by atomic mass is 35.5. The molecule has 0 spiro atoms. The lowest BCUT2D eigenvalue weighted by molar-refractivity contribution is 0.0590. The topological polar surface area (TPSA) is 56.5 Å². The van der Waals surface area contributed by atoms with Gasteiger partial charge in [-0.05, 0) is 13.0 Å². The Morgan fingerprint density at radius 1 is 1.29 bits per heavy atom. The molecule has 3 rings (SSSR count). The third-order valence-electron chi connectivity index (χ3n) is 3.16. The molecule has 2 aromatic heterocycles. The van der Waals surface area contributed by atoms with Gasteiger partial charge >= 0.3 is 5.97 Å². The summed E-state index contributed by atoms with van der Waals surface area (Å²) in [5, 5.41) is 4.67. The maximum Gasteiger partial charge on any atom is 0.356 e. The second-order valence-electron chi connectivity index (χ2n) is 4.52. The molecule has 0 N–H and O–H groups in total. The summed E-state index contributed by atoms with van der Waals surface area (Å²) >= 11 is 6.22. The fourth-order valence-electron chi connectivity index (χ4n) is 2.10. The fraction of sp³-hybridized carbons (Fsp3) is 0.133. The van der Waals surface area contributed by atoms with E-state index in [0.29, 0.717) is 22.1 Å². The second kappa shape index (κ2) is 5.18. The Morgan fingerprint density at radius 2 is 2.00 bits per heavy atom. The van der Waals surface area contributed by atoms with Crippen LogP contribution in [0.2, 0.25) is 5.02 Å². The summed E-state index contributed by atoms with van der Waals surface area (Å²) in [7, 11) is 1.33. The van der Waals surface area contributed by atoms with Gasteiger partial charge in [-0.15, -0.1) is 0 Å². The normalized spacial score (nSPS) is 10.8. The number of hydrogen-bond acceptors (Lipinski definition) is 4. The van der Waals surface area contributed by atoms with E-state index >= 15 is 0 Å². The minimum atomic E-state index is -0.487. The quantitative estimate of drug-likeness (QED) is 0.682. The summed E-state index contributed by atoms with van der Waals surface area (Å²) in [6, 6.07) is 11.2. The van der Waals surface area contributed by atoms with Crippen molar-refractivity contribution in [2.24, 2.45) is 0 Å². The van der Waals surface area contributed by atoms with E-state index in [4.69, 9.17) is 16.3 Å². The van der Waals surface area contributed by atoms with Crippen LogP contribution >= 0.6 is 11.6 Å². The second-order valence-corrected chi connectivity index (χ2v) is 4.90. The fourth-order valence-corrected chi connectivity index (χ4v) is 2.26. The third-order valence-corrected chi connectivity index (χ3v) is 3.60. The monoisotopic (exact) mass is 301 g/mol. The zero-order chi connectivity index (χ0) is 15.0. The number of rotatable bonds is 2. The molecule has 3 aromatic rings. The van der Waals surface area contributed by atoms with E-state index in [2.05, 4.69) is 10.1 Å². The zero-order valence-electron chi connectivity index (χ0n) is 11.5. The lowest BCUT2D eigenvalue weighted by Crippen LogP contribution is -2.10. The van der Waals surface area contributed by atoms with Gasteiger partial charge in [-0.25, -0.2) is 14.3 Å². The summed E-state index contributed by atoms with van der Waals surface area (Å²) in [6.07, 6.45) is 0. The maximum atomic E-state index is 12.0.